The number of nitrogens with one attached hydrogen (secondary N) is 2. The molecule has 25 heavy (non-hydrogen) atoms. The number of rotatable bonds is 5. The zero-order chi connectivity index (χ0) is 18.0. The van der Waals surface area contributed by atoms with Gasteiger partial charge in [0.25, 0.3) is 10.0 Å². The number of nitrogens with zero attached hydrogens (tertiary/aromatic N) is 1. The van der Waals surface area contributed by atoms with Crippen molar-refractivity contribution in [2.45, 2.75) is 23.6 Å². The van der Waals surface area contributed by atoms with Gasteiger partial charge in [0.15, 0.2) is 0 Å². The Kier molecular flexibility index (Phi) is 4.87. The molecule has 0 unspecified atom stereocenters. The molecule has 0 aliphatic rings. The maximum Gasteiger partial charge on any atom is 0.262 e. The molecule has 130 valence electrons. The molecular weight excluding hydrogens is 354 g/mol. The van der Waals surface area contributed by atoms with Crippen LogP contribution in [-0.4, -0.2) is 24.9 Å². The van der Waals surface area contributed by atoms with Crippen LogP contribution in [0.3, 0.4) is 0 Å². The Hall–Kier alpha value is -2.25. The lowest BCUT2D eigenvalue weighted by molar-refractivity contribution is 0.600. The van der Waals surface area contributed by atoms with Crippen LogP contribution in [0.4, 0.5) is 5.69 Å². The fraction of sp³-hybridized carbons (Fsp3) is 0.167. The molecule has 0 fully saturated rings. The van der Waals surface area contributed by atoms with E-state index in [9.17, 15) is 8.42 Å². The van der Waals surface area contributed by atoms with E-state index in [0.29, 0.717) is 11.3 Å². The number of aromatic amines is 1. The molecule has 0 aliphatic heterocycles. The molecule has 1 aromatic heterocycles. The van der Waals surface area contributed by atoms with Crippen molar-refractivity contribution in [2.75, 3.05) is 11.0 Å². The van der Waals surface area contributed by atoms with Gasteiger partial charge in [-0.1, -0.05) is 18.2 Å². The Balaban J connectivity index is 1.98. The summed E-state index contributed by atoms with van der Waals surface area (Å²) in [7, 11) is -3.69. The summed E-state index contributed by atoms with van der Waals surface area (Å²) in [5, 5.41) is 7.08. The van der Waals surface area contributed by atoms with Crippen LogP contribution in [0.2, 0.25) is 0 Å². The fourth-order valence-corrected chi connectivity index (χ4v) is 4.29. The number of H-pyrrole nitrogens is 1. The Morgan fingerprint density at radius 1 is 1.08 bits per heavy atom. The molecule has 2 N–H and O–H groups in total. The van der Waals surface area contributed by atoms with E-state index in [2.05, 4.69) is 14.9 Å². The number of benzene rings is 2. The maximum absolute atomic E-state index is 12.9. The lowest BCUT2D eigenvalue weighted by Crippen LogP contribution is -2.14. The first kappa shape index (κ1) is 17.6. The van der Waals surface area contributed by atoms with Crippen LogP contribution in [0.1, 0.15) is 11.3 Å². The minimum atomic E-state index is -3.69. The average Bonchev–Trinajstić information content (AvgIpc) is 3.01. The summed E-state index contributed by atoms with van der Waals surface area (Å²) < 4.78 is 28.4. The van der Waals surface area contributed by atoms with Crippen molar-refractivity contribution in [1.82, 2.24) is 10.2 Å². The van der Waals surface area contributed by atoms with Crippen molar-refractivity contribution in [3.8, 4) is 11.3 Å². The molecule has 0 saturated heterocycles. The van der Waals surface area contributed by atoms with Gasteiger partial charge in [-0.15, -0.1) is 11.8 Å². The van der Waals surface area contributed by atoms with Crippen molar-refractivity contribution in [2.24, 2.45) is 0 Å². The van der Waals surface area contributed by atoms with Crippen molar-refractivity contribution in [3.05, 3.63) is 59.8 Å². The van der Waals surface area contributed by atoms with Crippen LogP contribution in [-0.2, 0) is 10.0 Å². The molecule has 7 heteroatoms. The van der Waals surface area contributed by atoms with Gasteiger partial charge in [0.2, 0.25) is 0 Å². The normalized spacial score (nSPS) is 11.5. The lowest BCUT2D eigenvalue weighted by Gasteiger charge is -2.12. The van der Waals surface area contributed by atoms with Crippen molar-refractivity contribution < 1.29 is 8.42 Å². The molecular formula is C18H19N3O2S2. The van der Waals surface area contributed by atoms with Crippen LogP contribution in [0.15, 0.2) is 58.3 Å². The van der Waals surface area contributed by atoms with Gasteiger partial charge in [-0.3, -0.25) is 9.82 Å². The standard InChI is InChI=1S/C18H19N3O2S2/c1-12-7-8-14(17-9-13(2)19-20-17)10-18(12)25(22,23)21-15-5-4-6-16(11-15)24-3/h4-11,21H,1-3H3,(H,19,20). The second-order valence-corrected chi connectivity index (χ2v) is 8.28. The predicted molar refractivity (Wildman–Crippen MR) is 103 cm³/mol. The third-order valence-corrected chi connectivity index (χ3v) is 6.05. The summed E-state index contributed by atoms with van der Waals surface area (Å²) in [6.07, 6.45) is 1.95. The summed E-state index contributed by atoms with van der Waals surface area (Å²) in [6.45, 7) is 3.69. The highest BCUT2D eigenvalue weighted by Gasteiger charge is 2.18. The van der Waals surface area contributed by atoms with Gasteiger partial charge in [0.05, 0.1) is 10.6 Å². The van der Waals surface area contributed by atoms with Gasteiger partial charge >= 0.3 is 0 Å². The molecule has 1 heterocycles. The molecule has 0 aliphatic carbocycles. The highest BCUT2D eigenvalue weighted by atomic mass is 32.2. The monoisotopic (exact) mass is 373 g/mol. The smallest absolute Gasteiger partial charge is 0.262 e. The van der Waals surface area contributed by atoms with Gasteiger partial charge in [0.1, 0.15) is 0 Å². The molecule has 0 amide bonds. The average molecular weight is 374 g/mol. The van der Waals surface area contributed by atoms with E-state index in [1.54, 1.807) is 36.9 Å². The topological polar surface area (TPSA) is 74.8 Å². The molecule has 0 bridgehead atoms. The summed E-state index contributed by atoms with van der Waals surface area (Å²) in [6, 6.07) is 14.5. The summed E-state index contributed by atoms with van der Waals surface area (Å²) >= 11 is 1.56. The van der Waals surface area contributed by atoms with Crippen LogP contribution >= 0.6 is 11.8 Å². The number of aromatic nitrogens is 2. The van der Waals surface area contributed by atoms with E-state index < -0.39 is 10.0 Å². The van der Waals surface area contributed by atoms with E-state index in [0.717, 1.165) is 21.8 Å². The zero-order valence-electron chi connectivity index (χ0n) is 14.2. The van der Waals surface area contributed by atoms with Gasteiger partial charge < -0.3 is 0 Å². The summed E-state index contributed by atoms with van der Waals surface area (Å²) in [5.41, 5.74) is 3.63. The molecule has 2 aromatic carbocycles. The lowest BCUT2D eigenvalue weighted by atomic mass is 10.1. The van der Waals surface area contributed by atoms with Crippen molar-refractivity contribution >= 4 is 27.5 Å². The number of hydrogen-bond donors (Lipinski definition) is 2. The van der Waals surface area contributed by atoms with Gasteiger partial charge in [0, 0.05) is 21.8 Å². The van der Waals surface area contributed by atoms with E-state index in [1.807, 2.05) is 43.5 Å². The summed E-state index contributed by atoms with van der Waals surface area (Å²) in [4.78, 5) is 1.25. The number of hydrogen-bond acceptors (Lipinski definition) is 4. The van der Waals surface area contributed by atoms with E-state index in [1.165, 1.54) is 0 Å². The largest absolute Gasteiger partial charge is 0.282 e. The van der Waals surface area contributed by atoms with Crippen LogP contribution in [0.25, 0.3) is 11.3 Å². The molecule has 3 rings (SSSR count). The first-order chi connectivity index (χ1) is 11.9. The number of thioether (sulfide) groups is 1. The Morgan fingerprint density at radius 3 is 2.56 bits per heavy atom. The Labute approximate surface area is 151 Å². The quantitative estimate of drug-likeness (QED) is 0.657. The summed E-state index contributed by atoms with van der Waals surface area (Å²) in [5.74, 6) is 0. The van der Waals surface area contributed by atoms with Gasteiger partial charge in [-0.25, -0.2) is 8.42 Å². The third kappa shape index (κ3) is 3.88. The van der Waals surface area contributed by atoms with Crippen molar-refractivity contribution in [3.63, 3.8) is 0 Å². The van der Waals surface area contributed by atoms with E-state index >= 15 is 0 Å². The number of sulfonamides is 1. The molecule has 0 radical (unpaired) electrons. The zero-order valence-corrected chi connectivity index (χ0v) is 15.8. The first-order valence-corrected chi connectivity index (χ1v) is 10.4. The van der Waals surface area contributed by atoms with E-state index in [-0.39, 0.29) is 4.90 Å². The third-order valence-electron chi connectivity index (χ3n) is 3.80. The van der Waals surface area contributed by atoms with Gasteiger partial charge in [-0.05, 0) is 56.0 Å². The SMILES string of the molecule is CSc1cccc(NS(=O)(=O)c2cc(-c3cc(C)[nH]n3)ccc2C)c1. The number of anilines is 1. The van der Waals surface area contributed by atoms with Crippen LogP contribution < -0.4 is 4.72 Å². The molecule has 0 saturated carbocycles. The fourth-order valence-electron chi connectivity index (χ4n) is 2.51. The van der Waals surface area contributed by atoms with Crippen LogP contribution in [0, 0.1) is 13.8 Å². The second-order valence-electron chi connectivity index (χ2n) is 5.75. The highest BCUT2D eigenvalue weighted by Crippen LogP contribution is 2.27. The minimum Gasteiger partial charge on any atom is -0.282 e. The Morgan fingerprint density at radius 2 is 1.88 bits per heavy atom. The maximum atomic E-state index is 12.9. The molecule has 0 spiro atoms. The second kappa shape index (κ2) is 6.93. The molecule has 0 atom stereocenters. The predicted octanol–water partition coefficient (Wildman–Crippen LogP) is 4.22. The molecule has 5 nitrogen and oxygen atoms in total. The van der Waals surface area contributed by atoms with Crippen molar-refractivity contribution in [1.29, 1.82) is 0 Å². The first-order valence-electron chi connectivity index (χ1n) is 7.69. The highest BCUT2D eigenvalue weighted by molar-refractivity contribution is 7.98. The Bertz CT molecular complexity index is 1010. The van der Waals surface area contributed by atoms with Crippen LogP contribution in [0.5, 0.6) is 0 Å². The van der Waals surface area contributed by atoms with Gasteiger partial charge in [-0.2, -0.15) is 5.10 Å². The molecule has 3 aromatic rings. The minimum absolute atomic E-state index is 0.250. The van der Waals surface area contributed by atoms with E-state index in [4.69, 9.17) is 0 Å². The number of aryl methyl sites for hydroxylation is 2.